The minimum absolute atomic E-state index is 0.168. The Morgan fingerprint density at radius 1 is 1.33 bits per heavy atom. The number of nitrogens with zero attached hydrogens (tertiary/aromatic N) is 1. The van der Waals surface area contributed by atoms with E-state index in [1.165, 1.54) is 6.20 Å². The van der Waals surface area contributed by atoms with E-state index in [1.807, 2.05) is 20.8 Å². The van der Waals surface area contributed by atoms with Crippen LogP contribution in [0.15, 0.2) is 6.20 Å². The Morgan fingerprint density at radius 2 is 1.96 bits per heavy atom. The van der Waals surface area contributed by atoms with Crippen LogP contribution in [0.2, 0.25) is 0 Å². The summed E-state index contributed by atoms with van der Waals surface area (Å²) in [5, 5.41) is 10.6. The molecule has 0 aliphatic carbocycles. The maximum absolute atomic E-state index is 12.6. The van der Waals surface area contributed by atoms with Crippen molar-refractivity contribution in [2.45, 2.75) is 46.3 Å². The van der Waals surface area contributed by atoms with Gasteiger partial charge in [0.25, 0.3) is 0 Å². The predicted octanol–water partition coefficient (Wildman–Crippen LogP) is 3.24. The zero-order valence-corrected chi connectivity index (χ0v) is 15.8. The van der Waals surface area contributed by atoms with Gasteiger partial charge in [-0.25, -0.2) is 0 Å². The van der Waals surface area contributed by atoms with Crippen molar-refractivity contribution in [1.82, 2.24) is 4.98 Å². The lowest BCUT2D eigenvalue weighted by atomic mass is 10.1. The summed E-state index contributed by atoms with van der Waals surface area (Å²) >= 11 is 0. The van der Waals surface area contributed by atoms with E-state index < -0.39 is 19.3 Å². The number of hydrogen-bond donors (Lipinski definition) is 1. The Kier molecular flexibility index (Phi) is 5.91. The molecule has 1 aromatic rings. The van der Waals surface area contributed by atoms with Crippen molar-refractivity contribution in [3.63, 3.8) is 0 Å². The highest BCUT2D eigenvalue weighted by Crippen LogP contribution is 2.52. The fraction of sp³-hybridized carbons (Fsp3) is 0.688. The van der Waals surface area contributed by atoms with Crippen LogP contribution in [0.4, 0.5) is 0 Å². The fourth-order valence-electron chi connectivity index (χ4n) is 2.48. The molecule has 8 heteroatoms. The minimum Gasteiger partial charge on any atom is -0.485 e. The monoisotopic (exact) mass is 359 g/mol. The highest BCUT2D eigenvalue weighted by Gasteiger charge is 2.35. The third-order valence-corrected chi connectivity index (χ3v) is 5.64. The van der Waals surface area contributed by atoms with Gasteiger partial charge >= 0.3 is 7.60 Å². The largest absolute Gasteiger partial charge is 0.485 e. The predicted molar refractivity (Wildman–Crippen MR) is 89.9 cm³/mol. The molecule has 1 aromatic heterocycles. The smallest absolute Gasteiger partial charge is 0.333 e. The lowest BCUT2D eigenvalue weighted by Crippen LogP contribution is -2.39. The van der Waals surface area contributed by atoms with E-state index in [1.54, 1.807) is 13.8 Å². The lowest BCUT2D eigenvalue weighted by Gasteiger charge is -2.34. The van der Waals surface area contributed by atoms with Crippen molar-refractivity contribution in [3.8, 4) is 11.5 Å². The van der Waals surface area contributed by atoms with Crippen molar-refractivity contribution in [3.05, 3.63) is 17.5 Å². The molecule has 0 amide bonds. The molecule has 0 saturated heterocycles. The number of rotatable bonds is 7. The molecule has 0 bridgehead atoms. The average molecular weight is 359 g/mol. The summed E-state index contributed by atoms with van der Waals surface area (Å²) < 4.78 is 34.9. The first-order valence-corrected chi connectivity index (χ1v) is 9.81. The Morgan fingerprint density at radius 3 is 2.54 bits per heavy atom. The number of fused-ring (bicyclic) bond motifs is 1. The van der Waals surface area contributed by atoms with E-state index in [9.17, 15) is 9.67 Å². The molecule has 0 spiro atoms. The summed E-state index contributed by atoms with van der Waals surface area (Å²) in [5.41, 5.74) is 0.617. The first kappa shape index (κ1) is 19.2. The second-order valence-corrected chi connectivity index (χ2v) is 8.36. The summed E-state index contributed by atoms with van der Waals surface area (Å²) in [7, 11) is -3.39. The van der Waals surface area contributed by atoms with Crippen LogP contribution in [-0.2, 0) is 13.6 Å². The summed E-state index contributed by atoms with van der Waals surface area (Å²) in [6, 6.07) is 0. The van der Waals surface area contributed by atoms with Crippen LogP contribution in [0.1, 0.15) is 45.1 Å². The van der Waals surface area contributed by atoms with Crippen LogP contribution in [-0.4, -0.2) is 41.7 Å². The Bertz CT molecular complexity index is 623. The van der Waals surface area contributed by atoms with Gasteiger partial charge in [0.1, 0.15) is 12.2 Å². The topological polar surface area (TPSA) is 87.1 Å². The molecule has 1 unspecified atom stereocenters. The molecule has 0 aromatic carbocycles. The average Bonchev–Trinajstić information content (AvgIpc) is 2.47. The van der Waals surface area contributed by atoms with E-state index in [4.69, 9.17) is 18.5 Å². The van der Waals surface area contributed by atoms with Crippen LogP contribution >= 0.6 is 7.60 Å². The molecule has 24 heavy (non-hydrogen) atoms. The molecule has 0 fully saturated rings. The molecule has 1 aliphatic rings. The van der Waals surface area contributed by atoms with E-state index in [0.717, 1.165) is 0 Å². The van der Waals surface area contributed by atoms with Gasteiger partial charge in [-0.05, 0) is 34.6 Å². The molecule has 2 heterocycles. The van der Waals surface area contributed by atoms with Gasteiger partial charge in [0.05, 0.1) is 31.2 Å². The standard InChI is InChI=1S/C16H26NO6P/c1-6-21-24(19,22-7-2)9-13(18)12-8-17-11(3)14-15(12)20-10-16(4,5)23-14/h8,13,18H,6-7,9-10H2,1-5H3. The van der Waals surface area contributed by atoms with Gasteiger partial charge in [0.15, 0.2) is 11.5 Å². The quantitative estimate of drug-likeness (QED) is 0.748. The summed E-state index contributed by atoms with van der Waals surface area (Å²) in [6.45, 7) is 9.92. The maximum Gasteiger partial charge on any atom is 0.333 e. The normalized spacial score (nSPS) is 17.6. The minimum atomic E-state index is -3.39. The summed E-state index contributed by atoms with van der Waals surface area (Å²) in [5.74, 6) is 0.944. The highest BCUT2D eigenvalue weighted by molar-refractivity contribution is 7.53. The van der Waals surface area contributed by atoms with Crippen molar-refractivity contribution in [2.24, 2.45) is 0 Å². The highest BCUT2D eigenvalue weighted by atomic mass is 31.2. The van der Waals surface area contributed by atoms with E-state index in [-0.39, 0.29) is 19.4 Å². The maximum atomic E-state index is 12.6. The van der Waals surface area contributed by atoms with E-state index in [2.05, 4.69) is 4.98 Å². The number of hydrogen-bond acceptors (Lipinski definition) is 7. The molecule has 0 saturated carbocycles. The third-order valence-electron chi connectivity index (χ3n) is 3.54. The number of aryl methyl sites for hydroxylation is 1. The van der Waals surface area contributed by atoms with Crippen LogP contribution in [0.3, 0.4) is 0 Å². The van der Waals surface area contributed by atoms with Gasteiger partial charge in [0.2, 0.25) is 0 Å². The van der Waals surface area contributed by atoms with Gasteiger partial charge in [-0.15, -0.1) is 0 Å². The van der Waals surface area contributed by atoms with Gasteiger partial charge in [-0.3, -0.25) is 9.55 Å². The van der Waals surface area contributed by atoms with Crippen molar-refractivity contribution >= 4 is 7.60 Å². The number of aromatic nitrogens is 1. The first-order valence-electron chi connectivity index (χ1n) is 8.09. The third kappa shape index (κ3) is 4.28. The molecule has 7 nitrogen and oxygen atoms in total. The Hall–Kier alpha value is -1.14. The van der Waals surface area contributed by atoms with Crippen LogP contribution in [0, 0.1) is 6.92 Å². The second-order valence-electron chi connectivity index (χ2n) is 6.25. The molecular formula is C16H26NO6P. The molecule has 136 valence electrons. The Labute approximate surface area is 142 Å². The first-order chi connectivity index (χ1) is 11.2. The van der Waals surface area contributed by atoms with Gasteiger partial charge in [-0.2, -0.15) is 0 Å². The van der Waals surface area contributed by atoms with Crippen molar-refractivity contribution < 1.29 is 28.2 Å². The van der Waals surface area contributed by atoms with Gasteiger partial charge in [0, 0.05) is 11.8 Å². The Balaban J connectivity index is 2.31. The summed E-state index contributed by atoms with van der Waals surface area (Å²) in [4.78, 5) is 4.26. The van der Waals surface area contributed by atoms with Crippen LogP contribution in [0.5, 0.6) is 11.5 Å². The SMILES string of the molecule is CCOP(=O)(CC(O)c1cnc(C)c2c1OCC(C)(C)O2)OCC. The molecular weight excluding hydrogens is 333 g/mol. The number of ether oxygens (including phenoxy) is 2. The second kappa shape index (κ2) is 7.40. The van der Waals surface area contributed by atoms with Gasteiger partial charge in [-0.1, -0.05) is 0 Å². The number of aliphatic hydroxyl groups excluding tert-OH is 1. The number of pyridine rings is 1. The van der Waals surface area contributed by atoms with E-state index in [0.29, 0.717) is 29.4 Å². The fourth-order valence-corrected chi connectivity index (χ4v) is 4.18. The van der Waals surface area contributed by atoms with E-state index >= 15 is 0 Å². The molecule has 1 N–H and O–H groups in total. The lowest BCUT2D eigenvalue weighted by molar-refractivity contribution is 0.0172. The molecule has 0 radical (unpaired) electrons. The zero-order valence-electron chi connectivity index (χ0n) is 14.9. The number of aliphatic hydroxyl groups is 1. The van der Waals surface area contributed by atoms with Crippen LogP contribution < -0.4 is 9.47 Å². The van der Waals surface area contributed by atoms with Crippen molar-refractivity contribution in [2.75, 3.05) is 26.0 Å². The zero-order chi connectivity index (χ0) is 18.0. The van der Waals surface area contributed by atoms with Crippen LogP contribution in [0.25, 0.3) is 0 Å². The van der Waals surface area contributed by atoms with Crippen molar-refractivity contribution in [1.29, 1.82) is 0 Å². The summed E-state index contributed by atoms with van der Waals surface area (Å²) in [6.07, 6.45) is 0.252. The molecule has 1 atom stereocenters. The van der Waals surface area contributed by atoms with Gasteiger partial charge < -0.3 is 23.6 Å². The molecule has 2 rings (SSSR count). The molecule has 1 aliphatic heterocycles.